The number of urea groups is 1. The molecule has 0 spiro atoms. The molecule has 0 atom stereocenters. The minimum atomic E-state index is -0.609. The Morgan fingerprint density at radius 2 is 1.78 bits per heavy atom. The van der Waals surface area contributed by atoms with Gasteiger partial charge in [0.05, 0.1) is 5.54 Å². The largest absolute Gasteiger partial charge is 0.350 e. The minimum Gasteiger partial charge on any atom is -0.350 e. The molecule has 9 heavy (non-hydrogen) atoms. The first-order valence-electron chi connectivity index (χ1n) is 2.70. The molecule has 0 aliphatic rings. The molecule has 0 unspecified atom stereocenters. The summed E-state index contributed by atoms with van der Waals surface area (Å²) in [6, 6.07) is -0.609. The fourth-order valence-electron chi connectivity index (χ4n) is 0.331. The van der Waals surface area contributed by atoms with Crippen LogP contribution >= 0.6 is 0 Å². The fraction of sp³-hybridized carbons (Fsp3) is 0.800. The molecule has 4 N–H and O–H groups in total. The molecule has 0 fully saturated rings. The average Bonchev–Trinajstić information content (AvgIpc) is 1.62. The second-order valence-electron chi connectivity index (χ2n) is 2.88. The van der Waals surface area contributed by atoms with E-state index < -0.39 is 6.03 Å². The van der Waals surface area contributed by atoms with Gasteiger partial charge in [-0.15, -0.1) is 0 Å². The van der Waals surface area contributed by atoms with Crippen LogP contribution in [-0.4, -0.2) is 16.6 Å². The quantitative estimate of drug-likeness (QED) is 0.277. The molecule has 0 aromatic rings. The van der Waals surface area contributed by atoms with Crippen molar-refractivity contribution in [1.82, 2.24) is 5.01 Å². The summed E-state index contributed by atoms with van der Waals surface area (Å²) in [7, 11) is 0. The van der Waals surface area contributed by atoms with Crippen molar-refractivity contribution in [3.05, 3.63) is 0 Å². The Labute approximate surface area is 54.8 Å². The van der Waals surface area contributed by atoms with E-state index in [1.807, 2.05) is 0 Å². The van der Waals surface area contributed by atoms with E-state index in [0.717, 1.165) is 5.01 Å². The van der Waals surface area contributed by atoms with Gasteiger partial charge >= 0.3 is 6.03 Å². The van der Waals surface area contributed by atoms with Crippen LogP contribution in [0.3, 0.4) is 0 Å². The minimum absolute atomic E-state index is 0.383. The van der Waals surface area contributed by atoms with E-state index in [0.29, 0.717) is 0 Å². The van der Waals surface area contributed by atoms with E-state index in [-0.39, 0.29) is 5.54 Å². The first-order chi connectivity index (χ1) is 3.85. The molecule has 0 radical (unpaired) electrons. The van der Waals surface area contributed by atoms with Crippen LogP contribution in [0.25, 0.3) is 0 Å². The van der Waals surface area contributed by atoms with Crippen LogP contribution in [0.15, 0.2) is 0 Å². The van der Waals surface area contributed by atoms with Crippen molar-refractivity contribution in [3.8, 4) is 0 Å². The van der Waals surface area contributed by atoms with Crippen LogP contribution in [0.2, 0.25) is 0 Å². The highest BCUT2D eigenvalue weighted by Gasteiger charge is 2.20. The first-order valence-corrected chi connectivity index (χ1v) is 2.70. The van der Waals surface area contributed by atoms with Gasteiger partial charge in [-0.05, 0) is 20.8 Å². The van der Waals surface area contributed by atoms with Crippen LogP contribution in [-0.2, 0) is 0 Å². The molecular weight excluding hydrogens is 118 g/mol. The van der Waals surface area contributed by atoms with Crippen molar-refractivity contribution in [2.45, 2.75) is 26.3 Å². The van der Waals surface area contributed by atoms with Gasteiger partial charge in [0.15, 0.2) is 0 Å². The van der Waals surface area contributed by atoms with E-state index in [1.54, 1.807) is 20.8 Å². The number of hydrogen-bond acceptors (Lipinski definition) is 2. The molecule has 0 saturated heterocycles. The molecule has 4 heteroatoms. The normalized spacial score (nSPS) is 11.1. The zero-order chi connectivity index (χ0) is 7.65. The van der Waals surface area contributed by atoms with Gasteiger partial charge in [0.25, 0.3) is 0 Å². The molecule has 0 aliphatic carbocycles. The maximum atomic E-state index is 10.4. The number of rotatable bonds is 0. The number of hydrazine groups is 1. The van der Waals surface area contributed by atoms with E-state index in [2.05, 4.69) is 0 Å². The molecule has 0 heterocycles. The Bertz CT molecular complexity index is 116. The zero-order valence-corrected chi connectivity index (χ0v) is 6.01. The molecule has 0 aromatic carbocycles. The lowest BCUT2D eigenvalue weighted by Crippen LogP contribution is -2.52. The van der Waals surface area contributed by atoms with Gasteiger partial charge < -0.3 is 5.73 Å². The standard InChI is InChI=1S/C5H13N3O/c1-5(2,3)8(7)4(6)9/h7H2,1-3H3,(H2,6,9). The summed E-state index contributed by atoms with van der Waals surface area (Å²) in [6.07, 6.45) is 0. The molecule has 0 aromatic heterocycles. The van der Waals surface area contributed by atoms with Gasteiger partial charge in [0, 0.05) is 0 Å². The Balaban J connectivity index is 4.04. The predicted molar refractivity (Wildman–Crippen MR) is 35.4 cm³/mol. The van der Waals surface area contributed by atoms with Crippen molar-refractivity contribution in [2.75, 3.05) is 0 Å². The van der Waals surface area contributed by atoms with Crippen molar-refractivity contribution in [2.24, 2.45) is 11.6 Å². The summed E-state index contributed by atoms with van der Waals surface area (Å²) in [6.45, 7) is 5.41. The Morgan fingerprint density at radius 1 is 1.44 bits per heavy atom. The molecule has 2 amide bonds. The maximum Gasteiger partial charge on any atom is 0.329 e. The summed E-state index contributed by atoms with van der Waals surface area (Å²) >= 11 is 0. The van der Waals surface area contributed by atoms with Gasteiger partial charge in [-0.2, -0.15) is 0 Å². The van der Waals surface area contributed by atoms with Crippen molar-refractivity contribution in [1.29, 1.82) is 0 Å². The smallest absolute Gasteiger partial charge is 0.329 e. The molecule has 0 saturated carbocycles. The summed E-state index contributed by atoms with van der Waals surface area (Å²) in [5.41, 5.74) is 4.50. The molecule has 4 nitrogen and oxygen atoms in total. The summed E-state index contributed by atoms with van der Waals surface area (Å²) < 4.78 is 0. The van der Waals surface area contributed by atoms with E-state index in [9.17, 15) is 4.79 Å². The molecule has 0 bridgehead atoms. The Morgan fingerprint density at radius 3 is 1.78 bits per heavy atom. The van der Waals surface area contributed by atoms with Crippen molar-refractivity contribution >= 4 is 6.03 Å². The highest BCUT2D eigenvalue weighted by atomic mass is 16.2. The molecular formula is C5H13N3O. The highest BCUT2D eigenvalue weighted by molar-refractivity contribution is 5.71. The van der Waals surface area contributed by atoms with Crippen LogP contribution in [0.1, 0.15) is 20.8 Å². The average molecular weight is 131 g/mol. The number of nitrogens with zero attached hydrogens (tertiary/aromatic N) is 1. The molecule has 54 valence electrons. The number of primary amides is 1. The summed E-state index contributed by atoms with van der Waals surface area (Å²) in [4.78, 5) is 10.4. The van der Waals surface area contributed by atoms with E-state index in [4.69, 9.17) is 11.6 Å². The van der Waals surface area contributed by atoms with Gasteiger partial charge in [-0.3, -0.25) is 5.01 Å². The molecule has 0 aliphatic heterocycles. The third-order valence-electron chi connectivity index (χ3n) is 0.960. The van der Waals surface area contributed by atoms with Gasteiger partial charge in [-0.1, -0.05) is 0 Å². The Kier molecular flexibility index (Phi) is 2.03. The number of hydrogen-bond donors (Lipinski definition) is 2. The first kappa shape index (κ1) is 8.23. The number of carbonyl (C=O) groups is 1. The molecule has 0 rings (SSSR count). The van der Waals surface area contributed by atoms with Crippen LogP contribution in [0.5, 0.6) is 0 Å². The monoisotopic (exact) mass is 131 g/mol. The Hall–Kier alpha value is -0.770. The van der Waals surface area contributed by atoms with Crippen molar-refractivity contribution in [3.63, 3.8) is 0 Å². The zero-order valence-electron chi connectivity index (χ0n) is 6.01. The highest BCUT2D eigenvalue weighted by Crippen LogP contribution is 2.06. The number of nitrogens with two attached hydrogens (primary N) is 2. The summed E-state index contributed by atoms with van der Waals surface area (Å²) in [5, 5.41) is 0.993. The fourth-order valence-corrected chi connectivity index (χ4v) is 0.331. The SMILES string of the molecule is CC(C)(C)N(N)C(N)=O. The topological polar surface area (TPSA) is 72.3 Å². The van der Waals surface area contributed by atoms with E-state index in [1.165, 1.54) is 0 Å². The van der Waals surface area contributed by atoms with E-state index >= 15 is 0 Å². The second kappa shape index (κ2) is 2.23. The third-order valence-corrected chi connectivity index (χ3v) is 0.960. The predicted octanol–water partition coefficient (Wildman–Crippen LogP) is 0.0393. The number of carbonyl (C=O) groups excluding carboxylic acids is 1. The lowest BCUT2D eigenvalue weighted by atomic mass is 10.1. The van der Waals surface area contributed by atoms with Crippen LogP contribution < -0.4 is 11.6 Å². The lowest BCUT2D eigenvalue weighted by molar-refractivity contribution is 0.155. The third kappa shape index (κ3) is 2.32. The van der Waals surface area contributed by atoms with Gasteiger partial charge in [0.2, 0.25) is 0 Å². The maximum absolute atomic E-state index is 10.4. The lowest BCUT2D eigenvalue weighted by Gasteiger charge is -2.28. The van der Waals surface area contributed by atoms with Gasteiger partial charge in [-0.25, -0.2) is 10.6 Å². The summed E-state index contributed by atoms with van der Waals surface area (Å²) in [5.74, 6) is 5.25. The second-order valence-corrected chi connectivity index (χ2v) is 2.88. The van der Waals surface area contributed by atoms with Crippen LogP contribution in [0.4, 0.5) is 4.79 Å². The number of amides is 2. The van der Waals surface area contributed by atoms with Gasteiger partial charge in [0.1, 0.15) is 0 Å². The van der Waals surface area contributed by atoms with Crippen molar-refractivity contribution < 1.29 is 4.79 Å². The van der Waals surface area contributed by atoms with Crippen LogP contribution in [0, 0.1) is 0 Å².